The zero-order valence-corrected chi connectivity index (χ0v) is 12.2. The fourth-order valence-electron chi connectivity index (χ4n) is 1.79. The van der Waals surface area contributed by atoms with Crippen molar-refractivity contribution in [3.63, 3.8) is 0 Å². The lowest BCUT2D eigenvalue weighted by atomic mass is 10.0. The summed E-state index contributed by atoms with van der Waals surface area (Å²) >= 11 is 3.55. The summed E-state index contributed by atoms with van der Waals surface area (Å²) in [7, 11) is 0. The molecule has 0 saturated heterocycles. The van der Waals surface area contributed by atoms with E-state index in [1.54, 1.807) is 0 Å². The Hall–Kier alpha value is -0.380. The smallest absolute Gasteiger partial charge is 0.0983 e. The van der Waals surface area contributed by atoms with Crippen molar-refractivity contribution in [3.8, 4) is 0 Å². The highest BCUT2D eigenvalue weighted by molar-refractivity contribution is 9.10. The lowest BCUT2D eigenvalue weighted by Crippen LogP contribution is -2.27. The first-order valence-electron chi connectivity index (χ1n) is 6.28. The molecule has 1 aromatic rings. The molecule has 0 bridgehead atoms. The summed E-state index contributed by atoms with van der Waals surface area (Å²) in [6.45, 7) is 4.96. The number of unbranched alkanes of at least 4 members (excludes halogenated alkanes) is 2. The maximum Gasteiger partial charge on any atom is 0.0983 e. The number of halogens is 1. The molecular weight excluding hydrogens is 278 g/mol. The van der Waals surface area contributed by atoms with Gasteiger partial charge in [0.15, 0.2) is 0 Å². The molecule has 0 spiro atoms. The van der Waals surface area contributed by atoms with Crippen LogP contribution in [0.4, 0.5) is 0 Å². The molecule has 2 unspecified atom stereocenters. The molecule has 3 heteroatoms. The largest absolute Gasteiger partial charge is 0.372 e. The van der Waals surface area contributed by atoms with Gasteiger partial charge in [0, 0.05) is 17.1 Å². The van der Waals surface area contributed by atoms with Gasteiger partial charge in [-0.25, -0.2) is 0 Å². The van der Waals surface area contributed by atoms with Crippen LogP contribution >= 0.6 is 15.9 Å². The fraction of sp³-hybridized carbons (Fsp3) is 0.571. The van der Waals surface area contributed by atoms with Crippen molar-refractivity contribution in [3.05, 3.63) is 34.3 Å². The quantitative estimate of drug-likeness (QED) is 0.771. The van der Waals surface area contributed by atoms with Gasteiger partial charge < -0.3 is 10.5 Å². The predicted molar refractivity (Wildman–Crippen MR) is 76.0 cm³/mol. The SMILES string of the molecule is CCCCCOC(c1ccccc1Br)C(C)N. The topological polar surface area (TPSA) is 35.2 Å². The highest BCUT2D eigenvalue weighted by Crippen LogP contribution is 2.27. The van der Waals surface area contributed by atoms with E-state index in [1.165, 1.54) is 12.8 Å². The summed E-state index contributed by atoms with van der Waals surface area (Å²) in [6.07, 6.45) is 3.50. The van der Waals surface area contributed by atoms with Crippen LogP contribution in [-0.4, -0.2) is 12.6 Å². The van der Waals surface area contributed by atoms with Crippen LogP contribution in [0.15, 0.2) is 28.7 Å². The predicted octanol–water partition coefficient (Wildman–Crippen LogP) is 4.04. The minimum Gasteiger partial charge on any atom is -0.372 e. The number of rotatable bonds is 7. The molecule has 0 heterocycles. The van der Waals surface area contributed by atoms with E-state index >= 15 is 0 Å². The molecule has 0 aliphatic heterocycles. The Bertz CT molecular complexity index is 328. The first-order valence-corrected chi connectivity index (χ1v) is 7.07. The van der Waals surface area contributed by atoms with E-state index in [1.807, 2.05) is 25.1 Å². The Kier molecular flexibility index (Phi) is 6.78. The van der Waals surface area contributed by atoms with Crippen LogP contribution in [0.5, 0.6) is 0 Å². The van der Waals surface area contributed by atoms with Crippen LogP contribution in [0.3, 0.4) is 0 Å². The zero-order chi connectivity index (χ0) is 12.7. The van der Waals surface area contributed by atoms with Crippen molar-refractivity contribution in [2.24, 2.45) is 5.73 Å². The van der Waals surface area contributed by atoms with Crippen LogP contribution < -0.4 is 5.73 Å². The van der Waals surface area contributed by atoms with Gasteiger partial charge in [-0.3, -0.25) is 0 Å². The number of hydrogen-bond donors (Lipinski definition) is 1. The Morgan fingerprint density at radius 1 is 1.29 bits per heavy atom. The van der Waals surface area contributed by atoms with Gasteiger partial charge in [-0.1, -0.05) is 53.9 Å². The lowest BCUT2D eigenvalue weighted by molar-refractivity contribution is 0.0355. The van der Waals surface area contributed by atoms with Crippen LogP contribution in [0.2, 0.25) is 0 Å². The second-order valence-corrected chi connectivity index (χ2v) is 5.23. The van der Waals surface area contributed by atoms with Crippen molar-refractivity contribution < 1.29 is 4.74 Å². The molecule has 1 aromatic carbocycles. The molecule has 17 heavy (non-hydrogen) atoms. The number of nitrogens with two attached hydrogens (primary N) is 1. The van der Waals surface area contributed by atoms with Crippen LogP contribution in [-0.2, 0) is 4.74 Å². The van der Waals surface area contributed by atoms with Gasteiger partial charge in [0.2, 0.25) is 0 Å². The van der Waals surface area contributed by atoms with Crippen molar-refractivity contribution >= 4 is 15.9 Å². The average Bonchev–Trinajstić information content (AvgIpc) is 2.30. The Labute approximate surface area is 113 Å². The molecule has 2 atom stereocenters. The molecule has 2 nitrogen and oxygen atoms in total. The average molecular weight is 300 g/mol. The van der Waals surface area contributed by atoms with E-state index in [4.69, 9.17) is 10.5 Å². The van der Waals surface area contributed by atoms with Gasteiger partial charge in [0.05, 0.1) is 6.10 Å². The number of benzene rings is 1. The maximum absolute atomic E-state index is 6.01. The second-order valence-electron chi connectivity index (χ2n) is 4.38. The van der Waals surface area contributed by atoms with Crippen molar-refractivity contribution in [2.75, 3.05) is 6.61 Å². The third kappa shape index (κ3) is 4.78. The molecule has 0 aliphatic rings. The Morgan fingerprint density at radius 2 is 2.00 bits per heavy atom. The Morgan fingerprint density at radius 3 is 2.59 bits per heavy atom. The molecule has 0 fully saturated rings. The van der Waals surface area contributed by atoms with Crippen LogP contribution in [0.1, 0.15) is 44.8 Å². The lowest BCUT2D eigenvalue weighted by Gasteiger charge is -2.23. The first-order chi connectivity index (χ1) is 8.16. The van der Waals surface area contributed by atoms with Gasteiger partial charge in [0.25, 0.3) is 0 Å². The zero-order valence-electron chi connectivity index (χ0n) is 10.7. The van der Waals surface area contributed by atoms with E-state index in [-0.39, 0.29) is 12.1 Å². The molecule has 0 aromatic heterocycles. The summed E-state index contributed by atoms with van der Waals surface area (Å²) in [6, 6.07) is 8.11. The molecule has 0 aliphatic carbocycles. The summed E-state index contributed by atoms with van der Waals surface area (Å²) in [4.78, 5) is 0. The summed E-state index contributed by atoms with van der Waals surface area (Å²) in [5, 5.41) is 0. The third-order valence-electron chi connectivity index (χ3n) is 2.73. The molecule has 0 radical (unpaired) electrons. The standard InChI is InChI=1S/C14H22BrNO/c1-3-4-7-10-17-14(11(2)16)12-8-5-6-9-13(12)15/h5-6,8-9,11,14H,3-4,7,10,16H2,1-2H3. The molecule has 2 N–H and O–H groups in total. The fourth-order valence-corrected chi connectivity index (χ4v) is 2.30. The summed E-state index contributed by atoms with van der Waals surface area (Å²) < 4.78 is 6.98. The minimum absolute atomic E-state index is 0.00433. The molecule has 96 valence electrons. The summed E-state index contributed by atoms with van der Waals surface area (Å²) in [5.41, 5.74) is 7.14. The van der Waals surface area contributed by atoms with Crippen molar-refractivity contribution in [1.82, 2.24) is 0 Å². The molecule has 1 rings (SSSR count). The van der Waals surface area contributed by atoms with Crippen molar-refractivity contribution in [1.29, 1.82) is 0 Å². The minimum atomic E-state index is -0.0255. The highest BCUT2D eigenvalue weighted by Gasteiger charge is 2.18. The monoisotopic (exact) mass is 299 g/mol. The van der Waals surface area contributed by atoms with E-state index in [9.17, 15) is 0 Å². The van der Waals surface area contributed by atoms with E-state index < -0.39 is 0 Å². The molecule has 0 saturated carbocycles. The highest BCUT2D eigenvalue weighted by atomic mass is 79.9. The van der Waals surface area contributed by atoms with Crippen LogP contribution in [0, 0.1) is 0 Å². The van der Waals surface area contributed by atoms with Gasteiger partial charge >= 0.3 is 0 Å². The van der Waals surface area contributed by atoms with Crippen LogP contribution in [0.25, 0.3) is 0 Å². The number of ether oxygens (including phenoxy) is 1. The van der Waals surface area contributed by atoms with E-state index in [2.05, 4.69) is 28.9 Å². The molecule has 0 amide bonds. The first kappa shape index (κ1) is 14.7. The van der Waals surface area contributed by atoms with E-state index in [0.717, 1.165) is 23.1 Å². The van der Waals surface area contributed by atoms with Crippen molar-refractivity contribution in [2.45, 2.75) is 45.3 Å². The van der Waals surface area contributed by atoms with Gasteiger partial charge in [-0.2, -0.15) is 0 Å². The normalized spacial score (nSPS) is 14.6. The third-order valence-corrected chi connectivity index (χ3v) is 3.46. The Balaban J connectivity index is 2.63. The van der Waals surface area contributed by atoms with E-state index in [0.29, 0.717) is 0 Å². The summed E-state index contributed by atoms with van der Waals surface area (Å²) in [5.74, 6) is 0. The second kappa shape index (κ2) is 7.85. The van der Waals surface area contributed by atoms with Gasteiger partial charge in [-0.15, -0.1) is 0 Å². The molecular formula is C14H22BrNO. The van der Waals surface area contributed by atoms with Gasteiger partial charge in [0.1, 0.15) is 0 Å². The van der Waals surface area contributed by atoms with Gasteiger partial charge in [-0.05, 0) is 25.0 Å². The number of hydrogen-bond acceptors (Lipinski definition) is 2. The maximum atomic E-state index is 6.01.